The zero-order valence-corrected chi connectivity index (χ0v) is 19.6. The molecule has 0 saturated carbocycles. The summed E-state index contributed by atoms with van der Waals surface area (Å²) in [6.07, 6.45) is 1.60. The maximum Gasteiger partial charge on any atom is 0.251 e. The molecule has 1 heterocycles. The van der Waals surface area contributed by atoms with Gasteiger partial charge >= 0.3 is 0 Å². The largest absolute Gasteiger partial charge is 0.492 e. The first kappa shape index (κ1) is 22.6. The fourth-order valence-corrected chi connectivity index (χ4v) is 3.88. The van der Waals surface area contributed by atoms with Crippen LogP contribution in [-0.2, 0) is 13.0 Å². The molecule has 1 N–H and O–H groups in total. The highest BCUT2D eigenvalue weighted by Gasteiger charge is 2.11. The Morgan fingerprint density at radius 3 is 2.55 bits per heavy atom. The number of benzene rings is 3. The van der Waals surface area contributed by atoms with Gasteiger partial charge in [-0.1, -0.05) is 35.9 Å². The minimum atomic E-state index is -0.0368. The van der Waals surface area contributed by atoms with Crippen molar-refractivity contribution >= 4 is 16.9 Å². The molecule has 170 valence electrons. The molecule has 1 aromatic heterocycles. The molecule has 5 heteroatoms. The van der Waals surface area contributed by atoms with E-state index in [-0.39, 0.29) is 5.91 Å². The van der Waals surface area contributed by atoms with E-state index in [2.05, 4.69) is 41.9 Å². The average Bonchev–Trinajstić information content (AvgIpc) is 3.17. The molecule has 0 aliphatic rings. The lowest BCUT2D eigenvalue weighted by Crippen LogP contribution is -2.25. The van der Waals surface area contributed by atoms with Gasteiger partial charge in [-0.3, -0.25) is 4.79 Å². The number of para-hydroxylation sites is 2. The van der Waals surface area contributed by atoms with Crippen molar-refractivity contribution in [3.63, 3.8) is 0 Å². The number of aryl methyl sites for hydroxylation is 4. The molecule has 0 bridgehead atoms. The number of carbonyl (C=O) groups excluding carboxylic acids is 1. The molecule has 0 aliphatic heterocycles. The number of nitrogens with one attached hydrogen (secondary N) is 1. The van der Waals surface area contributed by atoms with Crippen LogP contribution in [0.3, 0.4) is 0 Å². The highest BCUT2D eigenvalue weighted by Crippen LogP contribution is 2.19. The molecular formula is C28H31N3O2. The quantitative estimate of drug-likeness (QED) is 0.354. The van der Waals surface area contributed by atoms with Gasteiger partial charge in [-0.05, 0) is 74.7 Å². The van der Waals surface area contributed by atoms with Crippen molar-refractivity contribution in [2.45, 2.75) is 40.2 Å². The number of nitrogens with zero attached hydrogens (tertiary/aromatic N) is 2. The summed E-state index contributed by atoms with van der Waals surface area (Å²) in [4.78, 5) is 17.2. The Hall–Kier alpha value is -3.60. The summed E-state index contributed by atoms with van der Waals surface area (Å²) in [5, 5.41) is 3.02. The summed E-state index contributed by atoms with van der Waals surface area (Å²) < 4.78 is 8.26. The van der Waals surface area contributed by atoms with Crippen LogP contribution < -0.4 is 10.1 Å². The predicted octanol–water partition coefficient (Wildman–Crippen LogP) is 5.40. The Kier molecular flexibility index (Phi) is 7.08. The summed E-state index contributed by atoms with van der Waals surface area (Å²) in [5.41, 5.74) is 6.43. The molecule has 0 fully saturated rings. The van der Waals surface area contributed by atoms with Gasteiger partial charge in [-0.15, -0.1) is 0 Å². The Morgan fingerprint density at radius 2 is 1.76 bits per heavy atom. The number of aromatic nitrogens is 2. The molecule has 4 rings (SSSR count). The second-order valence-corrected chi connectivity index (χ2v) is 8.49. The lowest BCUT2D eigenvalue weighted by atomic mass is 10.1. The van der Waals surface area contributed by atoms with Gasteiger partial charge in [-0.25, -0.2) is 4.98 Å². The van der Waals surface area contributed by atoms with Gasteiger partial charge in [0.25, 0.3) is 5.91 Å². The molecule has 1 amide bonds. The molecular weight excluding hydrogens is 410 g/mol. The van der Waals surface area contributed by atoms with E-state index < -0.39 is 0 Å². The molecule has 3 aromatic carbocycles. The van der Waals surface area contributed by atoms with Crippen LogP contribution in [0.4, 0.5) is 0 Å². The SMILES string of the molecule is Cc1ccc(C(=O)NCCCc2nc3ccccc3n2CCOc2ccc(C)c(C)c2)cc1. The van der Waals surface area contributed by atoms with Crippen molar-refractivity contribution in [2.24, 2.45) is 0 Å². The summed E-state index contributed by atoms with van der Waals surface area (Å²) in [7, 11) is 0. The third-order valence-corrected chi connectivity index (χ3v) is 5.97. The maximum absolute atomic E-state index is 12.3. The zero-order chi connectivity index (χ0) is 23.2. The van der Waals surface area contributed by atoms with Crippen LogP contribution in [0.15, 0.2) is 66.7 Å². The maximum atomic E-state index is 12.3. The monoisotopic (exact) mass is 441 g/mol. The normalized spacial score (nSPS) is 11.0. The average molecular weight is 442 g/mol. The molecule has 0 saturated heterocycles. The van der Waals surface area contributed by atoms with Crippen molar-refractivity contribution in [3.8, 4) is 5.75 Å². The fourth-order valence-electron chi connectivity index (χ4n) is 3.88. The van der Waals surface area contributed by atoms with Crippen LogP contribution in [0.2, 0.25) is 0 Å². The third-order valence-electron chi connectivity index (χ3n) is 5.97. The van der Waals surface area contributed by atoms with Crippen molar-refractivity contribution < 1.29 is 9.53 Å². The van der Waals surface area contributed by atoms with Gasteiger partial charge in [-0.2, -0.15) is 0 Å². The van der Waals surface area contributed by atoms with Gasteiger partial charge < -0.3 is 14.6 Å². The molecule has 0 spiro atoms. The standard InChI is InChI=1S/C28H31N3O2/c1-20-10-13-23(14-11-20)28(32)29-16-6-9-27-30-25-7-4-5-8-26(25)31(27)17-18-33-24-15-12-21(2)22(3)19-24/h4-5,7-8,10-15,19H,6,9,16-18H2,1-3H3,(H,29,32). The third kappa shape index (κ3) is 5.61. The number of hydrogen-bond donors (Lipinski definition) is 1. The van der Waals surface area contributed by atoms with Crippen molar-refractivity contribution in [2.75, 3.05) is 13.2 Å². The van der Waals surface area contributed by atoms with Gasteiger partial charge in [0, 0.05) is 18.5 Å². The minimum Gasteiger partial charge on any atom is -0.492 e. The zero-order valence-electron chi connectivity index (χ0n) is 19.6. The molecule has 4 aromatic rings. The van der Waals surface area contributed by atoms with Crippen LogP contribution in [0, 0.1) is 20.8 Å². The van der Waals surface area contributed by atoms with Crippen molar-refractivity contribution in [1.82, 2.24) is 14.9 Å². The number of rotatable bonds is 9. The van der Waals surface area contributed by atoms with Gasteiger partial charge in [0.1, 0.15) is 18.2 Å². The first-order valence-corrected chi connectivity index (χ1v) is 11.5. The molecule has 33 heavy (non-hydrogen) atoms. The Balaban J connectivity index is 1.36. The van der Waals surface area contributed by atoms with Gasteiger partial charge in [0.05, 0.1) is 17.6 Å². The van der Waals surface area contributed by atoms with Gasteiger partial charge in [0.15, 0.2) is 0 Å². The van der Waals surface area contributed by atoms with E-state index in [0.717, 1.165) is 47.6 Å². The molecule has 0 aliphatic carbocycles. The van der Waals surface area contributed by atoms with E-state index in [1.54, 1.807) is 0 Å². The summed E-state index contributed by atoms with van der Waals surface area (Å²) in [6.45, 7) is 8.11. The summed E-state index contributed by atoms with van der Waals surface area (Å²) in [6, 6.07) is 22.0. The van der Waals surface area contributed by atoms with Crippen molar-refractivity contribution in [1.29, 1.82) is 0 Å². The lowest BCUT2D eigenvalue weighted by Gasteiger charge is -2.12. The summed E-state index contributed by atoms with van der Waals surface area (Å²) >= 11 is 0. The number of ether oxygens (including phenoxy) is 1. The predicted molar refractivity (Wildman–Crippen MR) is 133 cm³/mol. The van der Waals surface area contributed by atoms with Crippen molar-refractivity contribution in [3.05, 3.63) is 94.8 Å². The number of amides is 1. The molecule has 0 unspecified atom stereocenters. The van der Waals surface area contributed by atoms with E-state index in [1.807, 2.05) is 55.5 Å². The Bertz CT molecular complexity index is 1240. The van der Waals surface area contributed by atoms with Gasteiger partial charge in [0.2, 0.25) is 0 Å². The lowest BCUT2D eigenvalue weighted by molar-refractivity contribution is 0.0953. The van der Waals surface area contributed by atoms with E-state index in [0.29, 0.717) is 18.7 Å². The molecule has 0 radical (unpaired) electrons. The summed E-state index contributed by atoms with van der Waals surface area (Å²) in [5.74, 6) is 1.87. The first-order chi connectivity index (χ1) is 16.0. The van der Waals surface area contributed by atoms with E-state index >= 15 is 0 Å². The van der Waals surface area contributed by atoms with Crippen LogP contribution in [0.1, 0.15) is 39.3 Å². The number of imidazole rings is 1. The highest BCUT2D eigenvalue weighted by atomic mass is 16.5. The van der Waals surface area contributed by atoms with E-state index in [1.165, 1.54) is 11.1 Å². The second-order valence-electron chi connectivity index (χ2n) is 8.49. The van der Waals surface area contributed by atoms with Crippen LogP contribution in [-0.4, -0.2) is 28.6 Å². The Morgan fingerprint density at radius 1 is 0.970 bits per heavy atom. The van der Waals surface area contributed by atoms with E-state index in [9.17, 15) is 4.79 Å². The number of fused-ring (bicyclic) bond motifs is 1. The highest BCUT2D eigenvalue weighted by molar-refractivity contribution is 5.94. The smallest absolute Gasteiger partial charge is 0.251 e. The first-order valence-electron chi connectivity index (χ1n) is 11.5. The topological polar surface area (TPSA) is 56.2 Å². The number of carbonyl (C=O) groups is 1. The van der Waals surface area contributed by atoms with Crippen LogP contribution in [0.25, 0.3) is 11.0 Å². The molecule has 0 atom stereocenters. The fraction of sp³-hybridized carbons (Fsp3) is 0.286. The van der Waals surface area contributed by atoms with Crippen LogP contribution in [0.5, 0.6) is 5.75 Å². The van der Waals surface area contributed by atoms with Crippen LogP contribution >= 0.6 is 0 Å². The second kappa shape index (κ2) is 10.3. The molecule has 5 nitrogen and oxygen atoms in total. The minimum absolute atomic E-state index is 0.0368. The van der Waals surface area contributed by atoms with E-state index in [4.69, 9.17) is 9.72 Å². The Labute approximate surface area is 195 Å². The number of hydrogen-bond acceptors (Lipinski definition) is 3.